The molecule has 1 heterocycles. The SMILES string of the molecule is COc1cc(OC)c(OC)cc1CNC(=O)COC(=O)c1ccco1. The van der Waals surface area contributed by atoms with Gasteiger partial charge in [-0.25, -0.2) is 4.79 Å². The zero-order chi connectivity index (χ0) is 18.2. The molecule has 1 aromatic carbocycles. The maximum atomic E-state index is 11.9. The van der Waals surface area contributed by atoms with Crippen LogP contribution in [0.1, 0.15) is 16.1 Å². The summed E-state index contributed by atoms with van der Waals surface area (Å²) in [6.45, 7) is -0.254. The lowest BCUT2D eigenvalue weighted by molar-refractivity contribution is -0.124. The molecule has 8 heteroatoms. The first-order chi connectivity index (χ1) is 12.1. The Hall–Kier alpha value is -3.16. The third-order valence-corrected chi connectivity index (χ3v) is 3.32. The summed E-state index contributed by atoms with van der Waals surface area (Å²) in [6.07, 6.45) is 1.35. The van der Waals surface area contributed by atoms with E-state index in [1.165, 1.54) is 33.7 Å². The Balaban J connectivity index is 1.93. The molecule has 0 aliphatic heterocycles. The van der Waals surface area contributed by atoms with Gasteiger partial charge in [-0.3, -0.25) is 4.79 Å². The van der Waals surface area contributed by atoms with Crippen LogP contribution in [0.15, 0.2) is 34.9 Å². The van der Waals surface area contributed by atoms with E-state index in [0.29, 0.717) is 22.8 Å². The van der Waals surface area contributed by atoms with E-state index in [-0.39, 0.29) is 12.3 Å². The van der Waals surface area contributed by atoms with Crippen LogP contribution in [0.5, 0.6) is 17.2 Å². The molecule has 2 aromatic rings. The Morgan fingerprint density at radius 1 is 1.04 bits per heavy atom. The molecule has 0 aliphatic carbocycles. The number of benzene rings is 1. The van der Waals surface area contributed by atoms with E-state index in [4.69, 9.17) is 23.4 Å². The Morgan fingerprint density at radius 2 is 1.72 bits per heavy atom. The second-order valence-electron chi connectivity index (χ2n) is 4.85. The molecule has 1 N–H and O–H groups in total. The number of carbonyl (C=O) groups is 2. The summed E-state index contributed by atoms with van der Waals surface area (Å²) in [6, 6.07) is 6.37. The van der Waals surface area contributed by atoms with Gasteiger partial charge in [-0.05, 0) is 18.2 Å². The number of amides is 1. The summed E-state index contributed by atoms with van der Waals surface area (Å²) in [7, 11) is 4.55. The lowest BCUT2D eigenvalue weighted by Crippen LogP contribution is -2.28. The summed E-state index contributed by atoms with van der Waals surface area (Å²) in [4.78, 5) is 23.4. The maximum Gasteiger partial charge on any atom is 0.374 e. The van der Waals surface area contributed by atoms with Gasteiger partial charge >= 0.3 is 5.97 Å². The number of nitrogens with one attached hydrogen (secondary N) is 1. The van der Waals surface area contributed by atoms with E-state index in [2.05, 4.69) is 5.32 Å². The van der Waals surface area contributed by atoms with Crippen molar-refractivity contribution < 1.29 is 33.0 Å². The Morgan fingerprint density at radius 3 is 2.32 bits per heavy atom. The van der Waals surface area contributed by atoms with Gasteiger partial charge in [0.1, 0.15) is 5.75 Å². The lowest BCUT2D eigenvalue weighted by Gasteiger charge is -2.14. The topological polar surface area (TPSA) is 96.2 Å². The minimum absolute atomic E-state index is 0.0364. The number of furan rings is 1. The summed E-state index contributed by atoms with van der Waals surface area (Å²) < 4.78 is 25.5. The van der Waals surface area contributed by atoms with Crippen LogP contribution < -0.4 is 19.5 Å². The maximum absolute atomic E-state index is 11.9. The van der Waals surface area contributed by atoms with Gasteiger partial charge in [-0.2, -0.15) is 0 Å². The number of ether oxygens (including phenoxy) is 4. The van der Waals surface area contributed by atoms with Crippen molar-refractivity contribution >= 4 is 11.9 Å². The second kappa shape index (κ2) is 8.62. The molecule has 0 atom stereocenters. The van der Waals surface area contributed by atoms with Gasteiger partial charge in [0.05, 0.1) is 27.6 Å². The average Bonchev–Trinajstić information content (AvgIpc) is 3.18. The lowest BCUT2D eigenvalue weighted by atomic mass is 10.1. The highest BCUT2D eigenvalue weighted by Crippen LogP contribution is 2.34. The van der Waals surface area contributed by atoms with Crippen molar-refractivity contribution in [2.75, 3.05) is 27.9 Å². The Labute approximate surface area is 144 Å². The smallest absolute Gasteiger partial charge is 0.374 e. The number of hydrogen-bond donors (Lipinski definition) is 1. The standard InChI is InChI=1S/C17H19NO7/c1-21-13-8-15(23-3)14(22-2)7-11(13)9-18-16(19)10-25-17(20)12-5-4-6-24-12/h4-8H,9-10H2,1-3H3,(H,18,19). The van der Waals surface area contributed by atoms with Crippen LogP contribution in [0.2, 0.25) is 0 Å². The van der Waals surface area contributed by atoms with Crippen LogP contribution in [0.4, 0.5) is 0 Å². The predicted octanol–water partition coefficient (Wildman–Crippen LogP) is 1.78. The molecule has 0 radical (unpaired) electrons. The van der Waals surface area contributed by atoms with Crippen molar-refractivity contribution in [3.05, 3.63) is 41.9 Å². The van der Waals surface area contributed by atoms with Gasteiger partial charge in [0.2, 0.25) is 5.76 Å². The van der Waals surface area contributed by atoms with Crippen LogP contribution in [0.3, 0.4) is 0 Å². The normalized spacial score (nSPS) is 10.0. The fraction of sp³-hybridized carbons (Fsp3) is 0.294. The van der Waals surface area contributed by atoms with Gasteiger partial charge in [0.25, 0.3) is 5.91 Å². The summed E-state index contributed by atoms with van der Waals surface area (Å²) in [5, 5.41) is 2.64. The van der Waals surface area contributed by atoms with Crippen LogP contribution in [0.25, 0.3) is 0 Å². The van der Waals surface area contributed by atoms with Crippen molar-refractivity contribution in [2.24, 2.45) is 0 Å². The molecule has 0 saturated carbocycles. The number of esters is 1. The molecule has 0 fully saturated rings. The van der Waals surface area contributed by atoms with E-state index in [9.17, 15) is 9.59 Å². The summed E-state index contributed by atoms with van der Waals surface area (Å²) in [5.74, 6) is 0.430. The minimum atomic E-state index is -0.705. The second-order valence-corrected chi connectivity index (χ2v) is 4.85. The number of hydrogen-bond acceptors (Lipinski definition) is 7. The van der Waals surface area contributed by atoms with E-state index >= 15 is 0 Å². The van der Waals surface area contributed by atoms with Crippen LogP contribution in [-0.4, -0.2) is 39.8 Å². The highest BCUT2D eigenvalue weighted by atomic mass is 16.5. The molecular formula is C17H19NO7. The fourth-order valence-corrected chi connectivity index (χ4v) is 2.07. The molecule has 0 spiro atoms. The van der Waals surface area contributed by atoms with Gasteiger partial charge in [0, 0.05) is 18.2 Å². The molecule has 0 bridgehead atoms. The molecule has 134 valence electrons. The zero-order valence-corrected chi connectivity index (χ0v) is 14.2. The third-order valence-electron chi connectivity index (χ3n) is 3.32. The van der Waals surface area contributed by atoms with E-state index in [1.54, 1.807) is 18.2 Å². The summed E-state index contributed by atoms with van der Waals surface area (Å²) in [5.41, 5.74) is 0.686. The van der Waals surface area contributed by atoms with Crippen molar-refractivity contribution in [2.45, 2.75) is 6.54 Å². The molecular weight excluding hydrogens is 330 g/mol. The predicted molar refractivity (Wildman–Crippen MR) is 86.9 cm³/mol. The third kappa shape index (κ3) is 4.66. The first-order valence-corrected chi connectivity index (χ1v) is 7.35. The van der Waals surface area contributed by atoms with Crippen molar-refractivity contribution in [3.63, 3.8) is 0 Å². The van der Waals surface area contributed by atoms with Gasteiger partial charge in [0.15, 0.2) is 18.1 Å². The van der Waals surface area contributed by atoms with Gasteiger partial charge < -0.3 is 28.7 Å². The highest BCUT2D eigenvalue weighted by Gasteiger charge is 2.15. The first-order valence-electron chi connectivity index (χ1n) is 7.35. The quantitative estimate of drug-likeness (QED) is 0.726. The molecule has 0 saturated heterocycles. The zero-order valence-electron chi connectivity index (χ0n) is 14.2. The molecule has 0 aliphatic rings. The molecule has 1 amide bonds. The minimum Gasteiger partial charge on any atom is -0.496 e. The molecule has 8 nitrogen and oxygen atoms in total. The van der Waals surface area contributed by atoms with E-state index < -0.39 is 18.5 Å². The van der Waals surface area contributed by atoms with Crippen molar-refractivity contribution in [3.8, 4) is 17.2 Å². The van der Waals surface area contributed by atoms with Gasteiger partial charge in [-0.1, -0.05) is 0 Å². The molecule has 25 heavy (non-hydrogen) atoms. The van der Waals surface area contributed by atoms with Crippen LogP contribution in [0, 0.1) is 0 Å². The molecule has 0 unspecified atom stereocenters. The first kappa shape index (κ1) is 18.2. The average molecular weight is 349 g/mol. The van der Waals surface area contributed by atoms with Crippen LogP contribution >= 0.6 is 0 Å². The van der Waals surface area contributed by atoms with E-state index in [1.807, 2.05) is 0 Å². The van der Waals surface area contributed by atoms with Crippen molar-refractivity contribution in [1.82, 2.24) is 5.32 Å². The van der Waals surface area contributed by atoms with Crippen molar-refractivity contribution in [1.29, 1.82) is 0 Å². The highest BCUT2D eigenvalue weighted by molar-refractivity contribution is 5.88. The Bertz CT molecular complexity index is 725. The Kier molecular flexibility index (Phi) is 6.27. The largest absolute Gasteiger partial charge is 0.496 e. The fourth-order valence-electron chi connectivity index (χ4n) is 2.07. The monoisotopic (exact) mass is 349 g/mol. The number of rotatable bonds is 8. The van der Waals surface area contributed by atoms with E-state index in [0.717, 1.165) is 0 Å². The van der Waals surface area contributed by atoms with Crippen LogP contribution in [-0.2, 0) is 16.1 Å². The summed E-state index contributed by atoms with van der Waals surface area (Å²) >= 11 is 0. The number of carbonyl (C=O) groups excluding carboxylic acids is 2. The number of methoxy groups -OCH3 is 3. The van der Waals surface area contributed by atoms with Gasteiger partial charge in [-0.15, -0.1) is 0 Å². The molecule has 2 rings (SSSR count). The molecule has 1 aromatic heterocycles.